The second kappa shape index (κ2) is 13.1. The van der Waals surface area contributed by atoms with Gasteiger partial charge in [0.05, 0.1) is 26.0 Å². The lowest BCUT2D eigenvalue weighted by atomic mass is 9.96. The molecule has 1 aromatic heterocycles. The number of fused-ring (bicyclic) bond motifs is 1. The maximum Gasteiger partial charge on any atom is 0.338 e. The van der Waals surface area contributed by atoms with E-state index in [1.165, 1.54) is 15.9 Å². The summed E-state index contributed by atoms with van der Waals surface area (Å²) < 4.78 is 16.6. The lowest BCUT2D eigenvalue weighted by Crippen LogP contribution is -2.40. The van der Waals surface area contributed by atoms with Crippen LogP contribution in [0.15, 0.2) is 86.2 Å². The SMILES string of the molecule is CCOC(=O)C1=C(C)N=c2s/c(=C\c3cc(I)cc(I)c3OCc3ccc(Br)cc3)c(=O)n2[C@@H]1c1ccccc1Cl. The second-order valence-electron chi connectivity index (χ2n) is 9.04. The van der Waals surface area contributed by atoms with E-state index < -0.39 is 12.0 Å². The summed E-state index contributed by atoms with van der Waals surface area (Å²) in [5.41, 5.74) is 2.93. The summed E-state index contributed by atoms with van der Waals surface area (Å²) in [5, 5.41) is 0.444. The monoisotopic (exact) mass is 874 g/mol. The van der Waals surface area contributed by atoms with E-state index >= 15 is 0 Å². The molecule has 0 spiro atoms. The quantitative estimate of drug-likeness (QED) is 0.148. The first-order chi connectivity index (χ1) is 19.7. The summed E-state index contributed by atoms with van der Waals surface area (Å²) in [6.07, 6.45) is 1.83. The Morgan fingerprint density at radius 2 is 1.90 bits per heavy atom. The Hall–Kier alpha value is -2.00. The smallest absolute Gasteiger partial charge is 0.338 e. The predicted molar refractivity (Wildman–Crippen MR) is 182 cm³/mol. The molecule has 0 N–H and O–H groups in total. The van der Waals surface area contributed by atoms with Crippen molar-refractivity contribution in [3.63, 3.8) is 0 Å². The van der Waals surface area contributed by atoms with Crippen molar-refractivity contribution in [2.75, 3.05) is 6.61 Å². The molecule has 0 radical (unpaired) electrons. The molecule has 6 nitrogen and oxygen atoms in total. The topological polar surface area (TPSA) is 69.9 Å². The number of aromatic nitrogens is 1. The minimum atomic E-state index is -0.773. The van der Waals surface area contributed by atoms with Crippen molar-refractivity contribution in [3.05, 3.63) is 125 Å². The van der Waals surface area contributed by atoms with E-state index in [0.717, 1.165) is 22.7 Å². The number of halogens is 4. The van der Waals surface area contributed by atoms with Crippen LogP contribution >= 0.6 is 84.0 Å². The van der Waals surface area contributed by atoms with Gasteiger partial charge in [-0.15, -0.1) is 0 Å². The van der Waals surface area contributed by atoms with E-state index in [4.69, 9.17) is 21.1 Å². The van der Waals surface area contributed by atoms with E-state index in [1.54, 1.807) is 19.9 Å². The lowest BCUT2D eigenvalue weighted by molar-refractivity contribution is -0.139. The Labute approximate surface area is 281 Å². The summed E-state index contributed by atoms with van der Waals surface area (Å²) in [7, 11) is 0. The first-order valence-electron chi connectivity index (χ1n) is 12.5. The van der Waals surface area contributed by atoms with Crippen molar-refractivity contribution < 1.29 is 14.3 Å². The van der Waals surface area contributed by atoms with E-state index in [2.05, 4.69) is 66.1 Å². The van der Waals surface area contributed by atoms with Crippen LogP contribution in [-0.4, -0.2) is 17.1 Å². The number of benzene rings is 3. The summed E-state index contributed by atoms with van der Waals surface area (Å²) >= 11 is 15.8. The van der Waals surface area contributed by atoms with Crippen molar-refractivity contribution in [3.8, 4) is 5.75 Å². The largest absolute Gasteiger partial charge is 0.487 e. The molecule has 41 heavy (non-hydrogen) atoms. The summed E-state index contributed by atoms with van der Waals surface area (Å²) in [4.78, 5) is 32.3. The van der Waals surface area contributed by atoms with Crippen LogP contribution in [0.25, 0.3) is 6.08 Å². The predicted octanol–water partition coefficient (Wildman–Crippen LogP) is 7.00. The third-order valence-electron chi connectivity index (χ3n) is 6.34. The first-order valence-corrected chi connectivity index (χ1v) is 16.6. The van der Waals surface area contributed by atoms with E-state index in [-0.39, 0.29) is 12.2 Å². The van der Waals surface area contributed by atoms with Crippen molar-refractivity contribution >= 4 is 96.1 Å². The van der Waals surface area contributed by atoms with Gasteiger partial charge in [0.2, 0.25) is 0 Å². The van der Waals surface area contributed by atoms with Crippen LogP contribution in [0, 0.1) is 7.14 Å². The molecule has 2 heterocycles. The standard InChI is InChI=1S/C30H22BrClI2N2O4S/c1-3-39-29(38)25-16(2)35-30-36(26(25)21-6-4-5-7-22(21)32)28(37)24(41-30)13-18-12-20(33)14-23(34)27(18)40-15-17-8-10-19(31)11-9-17/h4-14,26H,3,15H2,1-2H3/b24-13-/t26-/m1/s1. The zero-order chi connectivity index (χ0) is 29.3. The zero-order valence-corrected chi connectivity index (χ0v) is 29.3. The van der Waals surface area contributed by atoms with Crippen molar-refractivity contribution in [2.24, 2.45) is 4.99 Å². The van der Waals surface area contributed by atoms with Crippen LogP contribution in [0.4, 0.5) is 0 Å². The van der Waals surface area contributed by atoms with Crippen molar-refractivity contribution in [2.45, 2.75) is 26.5 Å². The molecule has 0 amide bonds. The Balaban J connectivity index is 1.65. The second-order valence-corrected chi connectivity index (χ2v) is 13.8. The van der Waals surface area contributed by atoms with Crippen LogP contribution in [-0.2, 0) is 16.1 Å². The fourth-order valence-electron chi connectivity index (χ4n) is 4.50. The molecule has 0 aliphatic carbocycles. The molecule has 210 valence electrons. The fourth-order valence-corrected chi connectivity index (χ4v) is 8.09. The lowest BCUT2D eigenvalue weighted by Gasteiger charge is -2.25. The van der Waals surface area contributed by atoms with Gasteiger partial charge < -0.3 is 9.47 Å². The van der Waals surface area contributed by atoms with Crippen molar-refractivity contribution in [1.29, 1.82) is 0 Å². The number of thiazole rings is 1. The molecule has 1 atom stereocenters. The van der Waals surface area contributed by atoms with Gasteiger partial charge in [-0.25, -0.2) is 9.79 Å². The van der Waals surface area contributed by atoms with Crippen LogP contribution in [0.5, 0.6) is 5.75 Å². The van der Waals surface area contributed by atoms with Crippen LogP contribution < -0.4 is 19.6 Å². The van der Waals surface area contributed by atoms with Gasteiger partial charge in [0.1, 0.15) is 18.4 Å². The van der Waals surface area contributed by atoms with E-state index in [1.807, 2.05) is 60.7 Å². The maximum absolute atomic E-state index is 14.1. The molecule has 0 saturated heterocycles. The maximum atomic E-state index is 14.1. The molecule has 1 aliphatic rings. The number of esters is 1. The number of ether oxygens (including phenoxy) is 2. The normalized spacial score (nSPS) is 15.0. The molecule has 11 heteroatoms. The molecule has 0 bridgehead atoms. The van der Waals surface area contributed by atoms with Crippen LogP contribution in [0.3, 0.4) is 0 Å². The number of hydrogen-bond donors (Lipinski definition) is 0. The molecule has 0 saturated carbocycles. The highest BCUT2D eigenvalue weighted by Gasteiger charge is 2.34. The number of rotatable bonds is 7. The Kier molecular flexibility index (Phi) is 9.74. The average Bonchev–Trinajstić information content (AvgIpc) is 3.23. The van der Waals surface area contributed by atoms with E-state index in [9.17, 15) is 9.59 Å². The third kappa shape index (κ3) is 6.51. The minimum Gasteiger partial charge on any atom is -0.487 e. The minimum absolute atomic E-state index is 0.198. The van der Waals surface area contributed by atoms with Gasteiger partial charge in [0.25, 0.3) is 5.56 Å². The summed E-state index contributed by atoms with van der Waals surface area (Å²) in [6.45, 7) is 4.07. The van der Waals surface area contributed by atoms with Gasteiger partial charge >= 0.3 is 5.97 Å². The number of hydrogen-bond acceptors (Lipinski definition) is 6. The number of nitrogens with zero attached hydrogens (tertiary/aromatic N) is 2. The summed E-state index contributed by atoms with van der Waals surface area (Å²) in [6, 6.07) is 18.4. The molecule has 4 aromatic rings. The Bertz CT molecular complexity index is 1870. The zero-order valence-electron chi connectivity index (χ0n) is 21.8. The van der Waals surface area contributed by atoms with E-state index in [0.29, 0.717) is 43.5 Å². The summed E-state index contributed by atoms with van der Waals surface area (Å²) in [5.74, 6) is 0.162. The molecule has 1 aliphatic heterocycles. The number of carbonyl (C=O) groups is 1. The van der Waals surface area contributed by atoms with Gasteiger partial charge in [-0.1, -0.05) is 69.2 Å². The molecule has 0 unspecified atom stereocenters. The highest BCUT2D eigenvalue weighted by Crippen LogP contribution is 2.35. The Morgan fingerprint density at radius 1 is 1.17 bits per heavy atom. The van der Waals surface area contributed by atoms with Gasteiger partial charge in [0, 0.05) is 18.6 Å². The van der Waals surface area contributed by atoms with Gasteiger partial charge in [-0.2, -0.15) is 0 Å². The average molecular weight is 876 g/mol. The first kappa shape index (κ1) is 30.5. The molecular weight excluding hydrogens is 854 g/mol. The van der Waals surface area contributed by atoms with Gasteiger partial charge in [0.15, 0.2) is 4.80 Å². The van der Waals surface area contributed by atoms with Gasteiger partial charge in [-0.3, -0.25) is 9.36 Å². The Morgan fingerprint density at radius 3 is 2.61 bits per heavy atom. The fraction of sp³-hybridized carbons (Fsp3) is 0.167. The molecule has 3 aromatic carbocycles. The van der Waals surface area contributed by atoms with Crippen molar-refractivity contribution in [1.82, 2.24) is 4.57 Å². The molecule has 0 fully saturated rings. The van der Waals surface area contributed by atoms with Crippen LogP contribution in [0.1, 0.15) is 36.6 Å². The van der Waals surface area contributed by atoms with Gasteiger partial charge in [-0.05, 0) is 107 Å². The highest BCUT2D eigenvalue weighted by molar-refractivity contribution is 14.1. The third-order valence-corrected chi connectivity index (χ3v) is 9.62. The number of allylic oxidation sites excluding steroid dienone is 1. The highest BCUT2D eigenvalue weighted by atomic mass is 127. The number of carbonyl (C=O) groups excluding carboxylic acids is 1. The molecule has 5 rings (SSSR count). The van der Waals surface area contributed by atoms with Crippen LogP contribution in [0.2, 0.25) is 5.02 Å². The molecular formula is C30H22BrClI2N2O4S.